The first kappa shape index (κ1) is 28.8. The molecule has 1 heterocycles. The Labute approximate surface area is 196 Å². The molecule has 0 bridgehead atoms. The van der Waals surface area contributed by atoms with Crippen LogP contribution in [0, 0.1) is 0 Å². The standard InChI is InChI=1S/C21H31NO12/c1-9(19(28)34-21(6,7)8)22-18(27)16-14(29-10(2)23)15(30-11(3)24)17(31-12(4)25)20(33-16)32-13(5)26/h9,14-17,20H,1-8H3,(H,22,27)/t9-,14+,15-,16-,17+,20-/m0/s1. The molecular weight excluding hydrogens is 458 g/mol. The maximum atomic E-state index is 13.0. The van der Waals surface area contributed by atoms with Gasteiger partial charge in [0, 0.05) is 27.7 Å². The van der Waals surface area contributed by atoms with E-state index in [-0.39, 0.29) is 0 Å². The Morgan fingerprint density at radius 1 is 0.735 bits per heavy atom. The van der Waals surface area contributed by atoms with Gasteiger partial charge in [0.1, 0.15) is 11.6 Å². The summed E-state index contributed by atoms with van der Waals surface area (Å²) in [5.41, 5.74) is -0.824. The van der Waals surface area contributed by atoms with E-state index in [9.17, 15) is 28.8 Å². The monoisotopic (exact) mass is 489 g/mol. The van der Waals surface area contributed by atoms with Gasteiger partial charge in [-0.3, -0.25) is 24.0 Å². The van der Waals surface area contributed by atoms with Crippen molar-refractivity contribution in [2.24, 2.45) is 0 Å². The van der Waals surface area contributed by atoms with E-state index in [1.165, 1.54) is 6.92 Å². The van der Waals surface area contributed by atoms with Gasteiger partial charge in [0.15, 0.2) is 18.3 Å². The van der Waals surface area contributed by atoms with E-state index in [4.69, 9.17) is 28.4 Å². The molecule has 0 unspecified atom stereocenters. The highest BCUT2D eigenvalue weighted by Gasteiger charge is 2.55. The maximum Gasteiger partial charge on any atom is 0.328 e. The van der Waals surface area contributed by atoms with Crippen LogP contribution in [0.3, 0.4) is 0 Å². The summed E-state index contributed by atoms with van der Waals surface area (Å²) in [4.78, 5) is 72.1. The second-order valence-corrected chi connectivity index (χ2v) is 8.52. The van der Waals surface area contributed by atoms with Crippen LogP contribution in [0.1, 0.15) is 55.4 Å². The highest BCUT2D eigenvalue weighted by molar-refractivity contribution is 5.88. The number of carbonyl (C=O) groups excluding carboxylic acids is 6. The highest BCUT2D eigenvalue weighted by atomic mass is 16.7. The Hall–Kier alpha value is -3.22. The summed E-state index contributed by atoms with van der Waals surface area (Å²) in [6.07, 6.45) is -8.21. The summed E-state index contributed by atoms with van der Waals surface area (Å²) in [6, 6.07) is -1.15. The van der Waals surface area contributed by atoms with E-state index in [1.807, 2.05) is 0 Å². The predicted molar refractivity (Wildman–Crippen MR) is 111 cm³/mol. The van der Waals surface area contributed by atoms with Crippen LogP contribution in [0.15, 0.2) is 0 Å². The molecule has 1 aliphatic heterocycles. The van der Waals surface area contributed by atoms with Crippen LogP contribution in [0.25, 0.3) is 0 Å². The molecule has 1 rings (SSSR count). The van der Waals surface area contributed by atoms with Crippen molar-refractivity contribution in [3.8, 4) is 0 Å². The average molecular weight is 489 g/mol. The van der Waals surface area contributed by atoms with Gasteiger partial charge >= 0.3 is 29.8 Å². The van der Waals surface area contributed by atoms with Crippen LogP contribution in [0.4, 0.5) is 0 Å². The van der Waals surface area contributed by atoms with Crippen molar-refractivity contribution in [3.05, 3.63) is 0 Å². The summed E-state index contributed by atoms with van der Waals surface area (Å²) < 4.78 is 31.3. The number of amides is 1. The normalized spacial score (nSPS) is 25.2. The van der Waals surface area contributed by atoms with Crippen LogP contribution in [0.2, 0.25) is 0 Å². The van der Waals surface area contributed by atoms with Crippen molar-refractivity contribution in [1.29, 1.82) is 0 Å². The summed E-state index contributed by atoms with van der Waals surface area (Å²) in [5.74, 6) is -5.20. The Bertz CT molecular complexity index is 817. The number of carbonyl (C=O) groups is 6. The molecule has 13 heteroatoms. The van der Waals surface area contributed by atoms with Crippen molar-refractivity contribution >= 4 is 35.8 Å². The molecule has 34 heavy (non-hydrogen) atoms. The molecule has 1 N–H and O–H groups in total. The van der Waals surface area contributed by atoms with E-state index in [0.717, 1.165) is 27.7 Å². The summed E-state index contributed by atoms with van der Waals surface area (Å²) in [7, 11) is 0. The molecule has 1 aliphatic rings. The molecule has 0 aromatic rings. The molecule has 0 spiro atoms. The van der Waals surface area contributed by atoms with E-state index < -0.39 is 78.1 Å². The van der Waals surface area contributed by atoms with Gasteiger partial charge in [-0.1, -0.05) is 0 Å². The largest absolute Gasteiger partial charge is 0.458 e. The number of hydrogen-bond acceptors (Lipinski definition) is 12. The lowest BCUT2D eigenvalue weighted by Crippen LogP contribution is -2.65. The quantitative estimate of drug-likeness (QED) is 0.373. The molecule has 0 saturated carbocycles. The number of esters is 5. The van der Waals surface area contributed by atoms with E-state index in [2.05, 4.69) is 5.32 Å². The minimum atomic E-state index is -1.73. The summed E-state index contributed by atoms with van der Waals surface area (Å²) in [6.45, 7) is 10.4. The lowest BCUT2D eigenvalue weighted by atomic mass is 9.97. The molecule has 0 aliphatic carbocycles. The van der Waals surface area contributed by atoms with Crippen LogP contribution < -0.4 is 5.32 Å². The third-order valence-electron chi connectivity index (χ3n) is 4.06. The molecular formula is C21H31NO12. The zero-order chi connectivity index (χ0) is 26.4. The molecule has 1 fully saturated rings. The molecule has 0 radical (unpaired) electrons. The Morgan fingerprint density at radius 2 is 1.18 bits per heavy atom. The Balaban J connectivity index is 3.35. The van der Waals surface area contributed by atoms with Crippen LogP contribution in [0.5, 0.6) is 0 Å². The second kappa shape index (κ2) is 11.8. The van der Waals surface area contributed by atoms with E-state index in [1.54, 1.807) is 20.8 Å². The minimum absolute atomic E-state index is 0.758. The maximum absolute atomic E-state index is 13.0. The number of ether oxygens (including phenoxy) is 6. The van der Waals surface area contributed by atoms with Gasteiger partial charge in [-0.05, 0) is 27.7 Å². The molecule has 192 valence electrons. The first-order valence-electron chi connectivity index (χ1n) is 10.4. The molecule has 0 aromatic carbocycles. The fourth-order valence-corrected chi connectivity index (χ4v) is 2.99. The van der Waals surface area contributed by atoms with Gasteiger partial charge < -0.3 is 33.7 Å². The minimum Gasteiger partial charge on any atom is -0.458 e. The van der Waals surface area contributed by atoms with Crippen LogP contribution >= 0.6 is 0 Å². The topological polar surface area (TPSA) is 170 Å². The van der Waals surface area contributed by atoms with E-state index in [0.29, 0.717) is 0 Å². The van der Waals surface area contributed by atoms with Crippen molar-refractivity contribution in [1.82, 2.24) is 5.32 Å². The molecule has 1 saturated heterocycles. The first-order chi connectivity index (χ1) is 15.5. The first-order valence-corrected chi connectivity index (χ1v) is 10.4. The predicted octanol–water partition coefficient (Wildman–Crippen LogP) is -0.0841. The SMILES string of the molecule is CC(=O)O[C@H]1O[C@H](C(=O)N[C@@H](C)C(=O)OC(C)(C)C)[C@H](OC(C)=O)[C@H](OC(C)=O)[C@H]1OC(C)=O. The Kier molecular flexibility index (Phi) is 9.97. The third kappa shape index (κ3) is 8.96. The zero-order valence-electron chi connectivity index (χ0n) is 20.4. The van der Waals surface area contributed by atoms with Gasteiger partial charge in [0.05, 0.1) is 0 Å². The summed E-state index contributed by atoms with van der Waals surface area (Å²) >= 11 is 0. The number of hydrogen-bond donors (Lipinski definition) is 1. The highest BCUT2D eigenvalue weighted by Crippen LogP contribution is 2.30. The molecule has 13 nitrogen and oxygen atoms in total. The fraction of sp³-hybridized carbons (Fsp3) is 0.714. The molecule has 6 atom stereocenters. The Morgan fingerprint density at radius 3 is 1.62 bits per heavy atom. The number of nitrogens with one attached hydrogen (secondary N) is 1. The lowest BCUT2D eigenvalue weighted by molar-refractivity contribution is -0.290. The van der Waals surface area contributed by atoms with Gasteiger partial charge in [-0.15, -0.1) is 0 Å². The van der Waals surface area contributed by atoms with Gasteiger partial charge in [-0.25, -0.2) is 4.79 Å². The van der Waals surface area contributed by atoms with E-state index >= 15 is 0 Å². The van der Waals surface area contributed by atoms with Gasteiger partial charge in [0.25, 0.3) is 5.91 Å². The molecule has 0 aromatic heterocycles. The second-order valence-electron chi connectivity index (χ2n) is 8.52. The number of rotatable bonds is 7. The van der Waals surface area contributed by atoms with Crippen molar-refractivity contribution < 1.29 is 57.2 Å². The van der Waals surface area contributed by atoms with Crippen LogP contribution in [-0.4, -0.2) is 78.1 Å². The molecule has 1 amide bonds. The zero-order valence-corrected chi connectivity index (χ0v) is 20.4. The van der Waals surface area contributed by atoms with Crippen molar-refractivity contribution in [2.75, 3.05) is 0 Å². The van der Waals surface area contributed by atoms with Gasteiger partial charge in [0.2, 0.25) is 12.4 Å². The smallest absolute Gasteiger partial charge is 0.328 e. The average Bonchev–Trinajstić information content (AvgIpc) is 2.63. The van der Waals surface area contributed by atoms with Crippen LogP contribution in [-0.2, 0) is 57.2 Å². The van der Waals surface area contributed by atoms with Gasteiger partial charge in [-0.2, -0.15) is 0 Å². The van der Waals surface area contributed by atoms with Crippen molar-refractivity contribution in [3.63, 3.8) is 0 Å². The van der Waals surface area contributed by atoms with Crippen molar-refractivity contribution in [2.45, 2.75) is 97.7 Å². The fourth-order valence-electron chi connectivity index (χ4n) is 2.99. The lowest BCUT2D eigenvalue weighted by Gasteiger charge is -2.43. The summed E-state index contributed by atoms with van der Waals surface area (Å²) in [5, 5.41) is 2.36. The third-order valence-corrected chi connectivity index (χ3v) is 4.06.